The van der Waals surface area contributed by atoms with Gasteiger partial charge in [0.25, 0.3) is 11.8 Å². The van der Waals surface area contributed by atoms with Crippen LogP contribution in [-0.4, -0.2) is 45.9 Å². The van der Waals surface area contributed by atoms with E-state index in [4.69, 9.17) is 0 Å². The van der Waals surface area contributed by atoms with E-state index in [1.54, 1.807) is 6.92 Å². The summed E-state index contributed by atoms with van der Waals surface area (Å²) in [5.74, 6) is -0.378. The van der Waals surface area contributed by atoms with Gasteiger partial charge in [-0.05, 0) is 49.3 Å². The first kappa shape index (κ1) is 21.4. The molecule has 0 saturated heterocycles. The van der Waals surface area contributed by atoms with Crippen molar-refractivity contribution in [1.82, 2.24) is 20.4 Å². The molecule has 3 N–H and O–H groups in total. The third-order valence-corrected chi connectivity index (χ3v) is 6.23. The first-order valence-corrected chi connectivity index (χ1v) is 10.1. The van der Waals surface area contributed by atoms with Gasteiger partial charge in [0.1, 0.15) is 5.69 Å². The van der Waals surface area contributed by atoms with Gasteiger partial charge in [-0.25, -0.2) is 0 Å². The number of aromatic nitrogens is 2. The minimum Gasteiger partial charge on any atom is -0.393 e. The lowest BCUT2D eigenvalue weighted by Crippen LogP contribution is -2.32. The quantitative estimate of drug-likeness (QED) is 0.671. The monoisotopic (exact) mass is 436 g/mol. The van der Waals surface area contributed by atoms with Crippen molar-refractivity contribution in [3.05, 3.63) is 52.8 Å². The van der Waals surface area contributed by atoms with Gasteiger partial charge in [-0.3, -0.25) is 14.3 Å². The molecule has 2 saturated carbocycles. The number of rotatable bonds is 5. The molecule has 2 aliphatic rings. The number of aliphatic hydroxyl groups excluding tert-OH is 1. The number of aliphatic hydroxyl groups is 1. The Labute approximate surface area is 176 Å². The van der Waals surface area contributed by atoms with Crippen LogP contribution < -0.4 is 10.6 Å². The van der Waals surface area contributed by atoms with Crippen LogP contribution >= 0.6 is 0 Å². The molecule has 7 nitrogen and oxygen atoms in total. The summed E-state index contributed by atoms with van der Waals surface area (Å²) >= 11 is 0. The van der Waals surface area contributed by atoms with Gasteiger partial charge >= 0.3 is 6.18 Å². The minimum absolute atomic E-state index is 0.0240. The highest BCUT2D eigenvalue weighted by Crippen LogP contribution is 2.52. The van der Waals surface area contributed by atoms with Crippen LogP contribution in [0, 0.1) is 11.8 Å². The van der Waals surface area contributed by atoms with E-state index in [0.29, 0.717) is 18.4 Å². The second-order valence-corrected chi connectivity index (χ2v) is 8.19. The summed E-state index contributed by atoms with van der Waals surface area (Å²) in [6, 6.07) is 5.40. The van der Waals surface area contributed by atoms with E-state index in [9.17, 15) is 27.9 Å². The molecule has 2 aromatic rings. The van der Waals surface area contributed by atoms with Crippen LogP contribution in [-0.2, 0) is 6.18 Å². The predicted molar refractivity (Wildman–Crippen MR) is 104 cm³/mol. The van der Waals surface area contributed by atoms with E-state index < -0.39 is 29.6 Å². The van der Waals surface area contributed by atoms with Crippen LogP contribution in [0.15, 0.2) is 30.3 Å². The molecule has 1 heterocycles. The molecule has 2 aliphatic carbocycles. The van der Waals surface area contributed by atoms with Crippen molar-refractivity contribution >= 4 is 11.8 Å². The number of hydrogen-bond donors (Lipinski definition) is 3. The molecule has 0 aliphatic heterocycles. The SMILES string of the molecule is CNC(=O)c1cc(C(=O)NC2[C@H]3CC(O)C[C@@H]23)n([C@@H](C)c2ccc(C(F)(F)F)cc2)n1. The lowest BCUT2D eigenvalue weighted by atomic mass is 10.1. The maximum atomic E-state index is 13.0. The molecule has 0 spiro atoms. The normalized spacial score (nSPS) is 25.6. The van der Waals surface area contributed by atoms with Gasteiger partial charge in [0, 0.05) is 19.2 Å². The van der Waals surface area contributed by atoms with Crippen molar-refractivity contribution in [2.75, 3.05) is 7.05 Å². The molecular weight excluding hydrogens is 413 g/mol. The minimum atomic E-state index is -4.44. The van der Waals surface area contributed by atoms with E-state index in [1.807, 2.05) is 0 Å². The standard InChI is InChI=1S/C21H23F3N4O3/c1-10(11-3-5-12(6-4-11)21(22,23)24)28-17(9-16(27-28)19(30)25-2)20(31)26-18-14-7-13(29)8-15(14)18/h3-6,9-10,13-15,18,29H,7-8H2,1-2H3,(H,25,30)(H,26,31)/t10-,13?,14-,15+,18?/m0/s1. The van der Waals surface area contributed by atoms with Gasteiger partial charge in [0.05, 0.1) is 17.7 Å². The lowest BCUT2D eigenvalue weighted by molar-refractivity contribution is -0.137. The molecule has 1 aromatic heterocycles. The topological polar surface area (TPSA) is 96.3 Å². The number of amides is 2. The Kier molecular flexibility index (Phi) is 5.28. The highest BCUT2D eigenvalue weighted by atomic mass is 19.4. The van der Waals surface area contributed by atoms with Gasteiger partial charge in [-0.15, -0.1) is 0 Å². The van der Waals surface area contributed by atoms with Crippen LogP contribution in [0.2, 0.25) is 0 Å². The summed E-state index contributed by atoms with van der Waals surface area (Å²) in [6.45, 7) is 1.70. The molecule has 31 heavy (non-hydrogen) atoms. The fourth-order valence-corrected chi connectivity index (χ4v) is 4.44. The summed E-state index contributed by atoms with van der Waals surface area (Å²) in [4.78, 5) is 25.0. The van der Waals surface area contributed by atoms with Crippen LogP contribution in [0.3, 0.4) is 0 Å². The zero-order valence-electron chi connectivity index (χ0n) is 17.0. The average Bonchev–Trinajstić information content (AvgIpc) is 3.10. The number of nitrogens with zero attached hydrogens (tertiary/aromatic N) is 2. The summed E-state index contributed by atoms with van der Waals surface area (Å²) in [5.41, 5.74) is -0.0650. The molecule has 2 amide bonds. The average molecular weight is 436 g/mol. The van der Waals surface area contributed by atoms with Crippen molar-refractivity contribution < 1.29 is 27.9 Å². The lowest BCUT2D eigenvalue weighted by Gasteiger charge is -2.17. The number of benzene rings is 1. The number of carbonyl (C=O) groups is 2. The summed E-state index contributed by atoms with van der Waals surface area (Å²) in [7, 11) is 1.44. The highest BCUT2D eigenvalue weighted by molar-refractivity contribution is 5.98. The Morgan fingerprint density at radius 2 is 1.77 bits per heavy atom. The fourth-order valence-electron chi connectivity index (χ4n) is 4.44. The number of nitrogens with one attached hydrogen (secondary N) is 2. The van der Waals surface area contributed by atoms with Crippen LogP contribution in [0.25, 0.3) is 0 Å². The molecule has 166 valence electrons. The largest absolute Gasteiger partial charge is 0.416 e. The number of alkyl halides is 3. The summed E-state index contributed by atoms with van der Waals surface area (Å²) in [6.07, 6.45) is -3.46. The second kappa shape index (κ2) is 7.67. The van der Waals surface area contributed by atoms with E-state index in [-0.39, 0.29) is 35.4 Å². The number of carbonyl (C=O) groups excluding carboxylic acids is 2. The number of halogens is 3. The maximum absolute atomic E-state index is 13.0. The van der Waals surface area contributed by atoms with Crippen molar-refractivity contribution in [2.24, 2.45) is 11.8 Å². The Balaban J connectivity index is 1.59. The Hall–Kier alpha value is -2.88. The molecule has 0 radical (unpaired) electrons. The molecule has 2 unspecified atom stereocenters. The van der Waals surface area contributed by atoms with E-state index in [0.717, 1.165) is 12.1 Å². The molecule has 10 heteroatoms. The van der Waals surface area contributed by atoms with E-state index in [2.05, 4.69) is 15.7 Å². The smallest absolute Gasteiger partial charge is 0.393 e. The van der Waals surface area contributed by atoms with Gasteiger partial charge in [0.15, 0.2) is 5.69 Å². The molecule has 1 aromatic carbocycles. The van der Waals surface area contributed by atoms with E-state index in [1.165, 1.54) is 29.9 Å². The van der Waals surface area contributed by atoms with Crippen molar-refractivity contribution in [2.45, 2.75) is 44.1 Å². The van der Waals surface area contributed by atoms with Gasteiger partial charge in [0.2, 0.25) is 0 Å². The predicted octanol–water partition coefficient (Wildman–Crippen LogP) is 2.37. The number of hydrogen-bond acceptors (Lipinski definition) is 4. The van der Waals surface area contributed by atoms with Crippen LogP contribution in [0.4, 0.5) is 13.2 Å². The van der Waals surface area contributed by atoms with Gasteiger partial charge in [-0.2, -0.15) is 18.3 Å². The van der Waals surface area contributed by atoms with Crippen LogP contribution in [0.1, 0.15) is 57.9 Å². The van der Waals surface area contributed by atoms with E-state index >= 15 is 0 Å². The molecule has 2 fully saturated rings. The van der Waals surface area contributed by atoms with Crippen molar-refractivity contribution in [3.8, 4) is 0 Å². The molecule has 4 rings (SSSR count). The first-order valence-electron chi connectivity index (χ1n) is 10.1. The highest BCUT2D eigenvalue weighted by Gasteiger charge is 2.56. The zero-order valence-corrected chi connectivity index (χ0v) is 17.0. The molecular formula is C21H23F3N4O3. The Morgan fingerprint density at radius 3 is 2.32 bits per heavy atom. The fraction of sp³-hybridized carbons (Fsp3) is 0.476. The van der Waals surface area contributed by atoms with Gasteiger partial charge < -0.3 is 15.7 Å². The summed E-state index contributed by atoms with van der Waals surface area (Å²) < 4.78 is 39.9. The maximum Gasteiger partial charge on any atom is 0.416 e. The zero-order chi connectivity index (χ0) is 22.5. The first-order chi connectivity index (χ1) is 14.6. The number of fused-ring (bicyclic) bond motifs is 1. The van der Waals surface area contributed by atoms with Crippen molar-refractivity contribution in [3.63, 3.8) is 0 Å². The Morgan fingerprint density at radius 1 is 1.16 bits per heavy atom. The summed E-state index contributed by atoms with van der Waals surface area (Å²) in [5, 5.41) is 19.3. The van der Waals surface area contributed by atoms with Crippen LogP contribution in [0.5, 0.6) is 0 Å². The third-order valence-electron chi connectivity index (χ3n) is 6.23. The van der Waals surface area contributed by atoms with Crippen molar-refractivity contribution in [1.29, 1.82) is 0 Å². The Bertz CT molecular complexity index is 990. The third kappa shape index (κ3) is 4.04. The second-order valence-electron chi connectivity index (χ2n) is 8.19. The molecule has 5 atom stereocenters. The van der Waals surface area contributed by atoms with Gasteiger partial charge in [-0.1, -0.05) is 12.1 Å². The molecule has 0 bridgehead atoms.